The maximum Gasteiger partial charge on any atom is 0.253 e. The number of halogens is 1. The first-order valence-corrected chi connectivity index (χ1v) is 6.87. The van der Waals surface area contributed by atoms with Gasteiger partial charge in [-0.3, -0.25) is 9.78 Å². The Bertz CT molecular complexity index is 557. The van der Waals surface area contributed by atoms with E-state index in [-0.39, 0.29) is 5.91 Å². The molecule has 1 heterocycles. The summed E-state index contributed by atoms with van der Waals surface area (Å²) in [6.45, 7) is 0.655. The van der Waals surface area contributed by atoms with Crippen LogP contribution in [0.1, 0.15) is 16.1 Å². The summed E-state index contributed by atoms with van der Waals surface area (Å²) < 4.78 is 0.913. The summed E-state index contributed by atoms with van der Waals surface area (Å²) in [6.07, 6.45) is 2.53. The largest absolute Gasteiger partial charge is 0.341 e. The zero-order chi connectivity index (χ0) is 13.7. The molecule has 0 fully saturated rings. The lowest BCUT2D eigenvalue weighted by atomic mass is 10.2. The molecule has 0 radical (unpaired) electrons. The molecule has 0 unspecified atom stereocenters. The van der Waals surface area contributed by atoms with Gasteiger partial charge in [-0.05, 0) is 30.3 Å². The summed E-state index contributed by atoms with van der Waals surface area (Å²) in [7, 11) is 1.81. The van der Waals surface area contributed by atoms with Gasteiger partial charge in [0.25, 0.3) is 5.91 Å². The number of likely N-dealkylation sites (N-methyl/N-ethyl adjacent to an activating group) is 1. The molecule has 2 aromatic rings. The maximum atomic E-state index is 12.2. The second-order valence-corrected chi connectivity index (χ2v) is 5.22. The third-order valence-corrected chi connectivity index (χ3v) is 3.34. The fourth-order valence-electron chi connectivity index (χ4n) is 1.77. The molecular formula is C15H15BrN2O. The van der Waals surface area contributed by atoms with Crippen molar-refractivity contribution in [2.24, 2.45) is 0 Å². The van der Waals surface area contributed by atoms with E-state index >= 15 is 0 Å². The van der Waals surface area contributed by atoms with E-state index in [0.29, 0.717) is 12.1 Å². The highest BCUT2D eigenvalue weighted by molar-refractivity contribution is 9.10. The van der Waals surface area contributed by atoms with E-state index in [1.54, 1.807) is 11.1 Å². The number of nitrogens with zero attached hydrogens (tertiary/aromatic N) is 2. The van der Waals surface area contributed by atoms with Crippen molar-refractivity contribution in [2.45, 2.75) is 6.42 Å². The number of rotatable bonds is 4. The van der Waals surface area contributed by atoms with Crippen molar-refractivity contribution in [1.82, 2.24) is 9.88 Å². The Hall–Kier alpha value is -1.68. The number of carbonyl (C=O) groups excluding carboxylic acids is 1. The molecule has 0 N–H and O–H groups in total. The Morgan fingerprint density at radius 3 is 2.79 bits per heavy atom. The van der Waals surface area contributed by atoms with Gasteiger partial charge in [0.2, 0.25) is 0 Å². The lowest BCUT2D eigenvalue weighted by Gasteiger charge is -2.17. The maximum absolute atomic E-state index is 12.2. The molecule has 0 spiro atoms. The molecule has 1 amide bonds. The molecule has 0 saturated heterocycles. The Kier molecular flexibility index (Phi) is 4.68. The molecule has 3 nitrogen and oxygen atoms in total. The summed E-state index contributed by atoms with van der Waals surface area (Å²) in [5.41, 5.74) is 1.69. The molecule has 1 aromatic carbocycles. The Morgan fingerprint density at radius 1 is 1.26 bits per heavy atom. The van der Waals surface area contributed by atoms with Crippen LogP contribution in [0.2, 0.25) is 0 Å². The summed E-state index contributed by atoms with van der Waals surface area (Å²) in [5, 5.41) is 0. The van der Waals surface area contributed by atoms with Gasteiger partial charge >= 0.3 is 0 Å². The lowest BCUT2D eigenvalue weighted by molar-refractivity contribution is 0.0796. The molecule has 0 saturated carbocycles. The van der Waals surface area contributed by atoms with E-state index in [2.05, 4.69) is 20.9 Å². The quantitative estimate of drug-likeness (QED) is 0.867. The number of carbonyl (C=O) groups is 1. The van der Waals surface area contributed by atoms with E-state index < -0.39 is 0 Å². The summed E-state index contributed by atoms with van der Waals surface area (Å²) in [4.78, 5) is 18.2. The zero-order valence-electron chi connectivity index (χ0n) is 10.7. The standard InChI is InChI=1S/C15H15BrN2O/c1-18(10-8-14-7-2-3-9-17-14)15(19)12-5-4-6-13(16)11-12/h2-7,9,11H,8,10H2,1H3. The molecule has 2 rings (SSSR count). The Labute approximate surface area is 121 Å². The van der Waals surface area contributed by atoms with E-state index in [9.17, 15) is 4.79 Å². The molecule has 1 aromatic heterocycles. The van der Waals surface area contributed by atoms with E-state index in [0.717, 1.165) is 16.6 Å². The first-order chi connectivity index (χ1) is 9.16. The number of pyridine rings is 1. The van der Waals surface area contributed by atoms with Crippen molar-refractivity contribution in [3.8, 4) is 0 Å². The van der Waals surface area contributed by atoms with E-state index in [1.165, 1.54) is 0 Å². The van der Waals surface area contributed by atoms with Gasteiger partial charge in [0.15, 0.2) is 0 Å². The lowest BCUT2D eigenvalue weighted by Crippen LogP contribution is -2.28. The second kappa shape index (κ2) is 6.48. The van der Waals surface area contributed by atoms with Gasteiger partial charge in [0, 0.05) is 41.9 Å². The molecule has 0 bridgehead atoms. The summed E-state index contributed by atoms with van der Waals surface area (Å²) in [5.74, 6) is 0.0252. The minimum absolute atomic E-state index is 0.0252. The zero-order valence-corrected chi connectivity index (χ0v) is 12.3. The predicted octanol–water partition coefficient (Wildman–Crippen LogP) is 3.16. The van der Waals surface area contributed by atoms with Crippen molar-refractivity contribution < 1.29 is 4.79 Å². The van der Waals surface area contributed by atoms with Crippen LogP contribution in [0.5, 0.6) is 0 Å². The van der Waals surface area contributed by atoms with Gasteiger partial charge in [-0.25, -0.2) is 0 Å². The van der Waals surface area contributed by atoms with Crippen molar-refractivity contribution in [1.29, 1.82) is 0 Å². The highest BCUT2D eigenvalue weighted by Gasteiger charge is 2.11. The van der Waals surface area contributed by atoms with Crippen LogP contribution >= 0.6 is 15.9 Å². The molecule has 4 heteroatoms. The Morgan fingerprint density at radius 2 is 2.11 bits per heavy atom. The molecule has 0 aliphatic carbocycles. The number of benzene rings is 1. The van der Waals surface area contributed by atoms with Gasteiger partial charge in [-0.2, -0.15) is 0 Å². The first-order valence-electron chi connectivity index (χ1n) is 6.08. The number of hydrogen-bond donors (Lipinski definition) is 0. The Balaban J connectivity index is 1.96. The number of hydrogen-bond acceptors (Lipinski definition) is 2. The molecule has 0 aliphatic rings. The highest BCUT2D eigenvalue weighted by Crippen LogP contribution is 2.13. The van der Waals surface area contributed by atoms with Crippen LogP contribution < -0.4 is 0 Å². The van der Waals surface area contributed by atoms with Gasteiger partial charge in [-0.15, -0.1) is 0 Å². The average molecular weight is 319 g/mol. The smallest absolute Gasteiger partial charge is 0.253 e. The predicted molar refractivity (Wildman–Crippen MR) is 79.0 cm³/mol. The second-order valence-electron chi connectivity index (χ2n) is 4.31. The van der Waals surface area contributed by atoms with Gasteiger partial charge in [-0.1, -0.05) is 28.1 Å². The third kappa shape index (κ3) is 3.89. The average Bonchev–Trinajstić information content (AvgIpc) is 2.45. The van der Waals surface area contributed by atoms with Crippen LogP contribution in [0.4, 0.5) is 0 Å². The van der Waals surface area contributed by atoms with Gasteiger partial charge in [0.05, 0.1) is 0 Å². The number of aromatic nitrogens is 1. The van der Waals surface area contributed by atoms with E-state index in [1.807, 2.05) is 49.5 Å². The van der Waals surface area contributed by atoms with Crippen LogP contribution in [0.3, 0.4) is 0 Å². The van der Waals surface area contributed by atoms with Crippen LogP contribution in [-0.4, -0.2) is 29.4 Å². The molecular weight excluding hydrogens is 304 g/mol. The normalized spacial score (nSPS) is 10.2. The van der Waals surface area contributed by atoms with Crippen LogP contribution in [-0.2, 0) is 6.42 Å². The topological polar surface area (TPSA) is 33.2 Å². The van der Waals surface area contributed by atoms with Crippen LogP contribution in [0.15, 0.2) is 53.1 Å². The monoisotopic (exact) mass is 318 g/mol. The number of amides is 1. The molecule has 0 aliphatic heterocycles. The first kappa shape index (κ1) is 13.7. The van der Waals surface area contributed by atoms with Crippen LogP contribution in [0, 0.1) is 0 Å². The summed E-state index contributed by atoms with van der Waals surface area (Å²) in [6, 6.07) is 13.2. The van der Waals surface area contributed by atoms with Crippen molar-refractivity contribution in [2.75, 3.05) is 13.6 Å². The minimum Gasteiger partial charge on any atom is -0.341 e. The fourth-order valence-corrected chi connectivity index (χ4v) is 2.17. The van der Waals surface area contributed by atoms with Crippen LogP contribution in [0.25, 0.3) is 0 Å². The summed E-state index contributed by atoms with van der Waals surface area (Å²) >= 11 is 3.37. The van der Waals surface area contributed by atoms with Gasteiger partial charge in [0.1, 0.15) is 0 Å². The molecule has 19 heavy (non-hydrogen) atoms. The van der Waals surface area contributed by atoms with Gasteiger partial charge < -0.3 is 4.90 Å². The van der Waals surface area contributed by atoms with Crippen molar-refractivity contribution in [3.63, 3.8) is 0 Å². The minimum atomic E-state index is 0.0252. The van der Waals surface area contributed by atoms with Crippen molar-refractivity contribution in [3.05, 3.63) is 64.4 Å². The third-order valence-electron chi connectivity index (χ3n) is 2.85. The van der Waals surface area contributed by atoms with E-state index in [4.69, 9.17) is 0 Å². The molecule has 0 atom stereocenters. The van der Waals surface area contributed by atoms with Crippen molar-refractivity contribution >= 4 is 21.8 Å². The SMILES string of the molecule is CN(CCc1ccccn1)C(=O)c1cccc(Br)c1. The highest BCUT2D eigenvalue weighted by atomic mass is 79.9. The molecule has 98 valence electrons. The fraction of sp³-hybridized carbons (Fsp3) is 0.200.